The van der Waals surface area contributed by atoms with Gasteiger partial charge in [0.2, 0.25) is 5.91 Å². The topological polar surface area (TPSA) is 71.2 Å². The van der Waals surface area contributed by atoms with Crippen LogP contribution in [-0.2, 0) is 11.3 Å². The van der Waals surface area contributed by atoms with Crippen molar-refractivity contribution in [2.75, 3.05) is 12.0 Å². The first-order valence-corrected chi connectivity index (χ1v) is 5.92. The summed E-state index contributed by atoms with van der Waals surface area (Å²) in [6.45, 7) is 3.64. The third-order valence-electron chi connectivity index (χ3n) is 3.22. The summed E-state index contributed by atoms with van der Waals surface area (Å²) in [6.07, 6.45) is 3.44. The number of likely N-dealkylation sites (tertiary alicyclic amines) is 1. The normalized spacial score (nSPS) is 19.8. The molecule has 1 atom stereocenters. The zero-order valence-electron chi connectivity index (χ0n) is 10.0. The third-order valence-corrected chi connectivity index (χ3v) is 3.22. The van der Waals surface area contributed by atoms with Crippen LogP contribution in [0.1, 0.15) is 25.3 Å². The Morgan fingerprint density at radius 3 is 3.12 bits per heavy atom. The van der Waals surface area contributed by atoms with Gasteiger partial charge < -0.3 is 10.3 Å². The average molecular weight is 234 g/mol. The lowest BCUT2D eigenvalue weighted by Crippen LogP contribution is -2.24. The fraction of sp³-hybridized carbons (Fsp3) is 0.500. The van der Waals surface area contributed by atoms with Crippen LogP contribution in [0.5, 0.6) is 0 Å². The lowest BCUT2D eigenvalue weighted by atomic mass is 10.1. The number of nitrogens with one attached hydrogen (secondary N) is 1. The maximum absolute atomic E-state index is 11.8. The summed E-state index contributed by atoms with van der Waals surface area (Å²) in [4.78, 5) is 17.7. The number of hydrogen-bond donors (Lipinski definition) is 2. The van der Waals surface area contributed by atoms with Crippen molar-refractivity contribution in [3.63, 3.8) is 0 Å². The molecule has 1 fully saturated rings. The number of hydrogen-bond acceptors (Lipinski definition) is 4. The van der Waals surface area contributed by atoms with Gasteiger partial charge in [0.1, 0.15) is 5.82 Å². The fourth-order valence-electron chi connectivity index (χ4n) is 2.15. The van der Waals surface area contributed by atoms with Crippen LogP contribution in [0.25, 0.3) is 0 Å². The predicted octanol–water partition coefficient (Wildman–Crippen LogP) is 1.13. The monoisotopic (exact) mass is 234 g/mol. The summed E-state index contributed by atoms with van der Waals surface area (Å²) < 4.78 is 0. The van der Waals surface area contributed by atoms with E-state index in [2.05, 4.69) is 17.3 Å². The molecule has 1 aromatic rings. The molecule has 0 bridgehead atoms. The molecule has 1 aromatic heterocycles. The van der Waals surface area contributed by atoms with Crippen LogP contribution < -0.4 is 11.3 Å². The molecule has 5 nitrogen and oxygen atoms in total. The molecule has 0 aromatic carbocycles. The Bertz CT molecular complexity index is 407. The van der Waals surface area contributed by atoms with Gasteiger partial charge in [-0.2, -0.15) is 0 Å². The number of aromatic nitrogens is 1. The van der Waals surface area contributed by atoms with Gasteiger partial charge in [0.25, 0.3) is 0 Å². The first kappa shape index (κ1) is 11.9. The van der Waals surface area contributed by atoms with Gasteiger partial charge in [-0.1, -0.05) is 13.3 Å². The Morgan fingerprint density at radius 2 is 2.47 bits per heavy atom. The van der Waals surface area contributed by atoms with Crippen LogP contribution in [0.4, 0.5) is 5.82 Å². The number of rotatable bonds is 4. The van der Waals surface area contributed by atoms with Crippen molar-refractivity contribution in [1.29, 1.82) is 0 Å². The Balaban J connectivity index is 2.03. The van der Waals surface area contributed by atoms with Gasteiger partial charge in [0.15, 0.2) is 0 Å². The number of nitrogens with two attached hydrogens (primary N) is 1. The predicted molar refractivity (Wildman–Crippen MR) is 65.9 cm³/mol. The van der Waals surface area contributed by atoms with E-state index in [1.807, 2.05) is 17.0 Å². The standard InChI is InChI=1S/C12H18N4O/c1-2-9-6-12(17)16(7-9)8-10-3-4-14-11(5-10)15-13/h3-5,9H,2,6-8,13H2,1H3,(H,14,15). The van der Waals surface area contributed by atoms with Gasteiger partial charge in [0, 0.05) is 25.7 Å². The van der Waals surface area contributed by atoms with E-state index in [9.17, 15) is 4.79 Å². The van der Waals surface area contributed by atoms with Gasteiger partial charge in [-0.15, -0.1) is 0 Å². The zero-order valence-corrected chi connectivity index (χ0v) is 10.0. The van der Waals surface area contributed by atoms with Crippen LogP contribution in [0.2, 0.25) is 0 Å². The average Bonchev–Trinajstić information content (AvgIpc) is 2.70. The molecule has 0 spiro atoms. The number of nitrogens with zero attached hydrogens (tertiary/aromatic N) is 2. The minimum absolute atomic E-state index is 0.246. The van der Waals surface area contributed by atoms with Crippen LogP contribution in [0, 0.1) is 5.92 Å². The van der Waals surface area contributed by atoms with E-state index in [1.54, 1.807) is 6.20 Å². The molecule has 0 aliphatic carbocycles. The SMILES string of the molecule is CCC1CC(=O)N(Cc2ccnc(NN)c2)C1. The van der Waals surface area contributed by atoms with E-state index in [0.29, 0.717) is 24.7 Å². The maximum atomic E-state index is 11.8. The number of nitrogen functional groups attached to an aromatic ring is 1. The number of hydrazine groups is 1. The Labute approximate surface area is 101 Å². The summed E-state index contributed by atoms with van der Waals surface area (Å²) in [6, 6.07) is 3.78. The number of pyridine rings is 1. The molecule has 2 rings (SSSR count). The lowest BCUT2D eigenvalue weighted by Gasteiger charge is -2.16. The summed E-state index contributed by atoms with van der Waals surface area (Å²) in [5, 5.41) is 0. The number of anilines is 1. The van der Waals surface area contributed by atoms with Crippen LogP contribution in [0.15, 0.2) is 18.3 Å². The van der Waals surface area contributed by atoms with E-state index in [-0.39, 0.29) is 5.91 Å². The van der Waals surface area contributed by atoms with Crippen molar-refractivity contribution < 1.29 is 4.79 Å². The summed E-state index contributed by atoms with van der Waals surface area (Å²) >= 11 is 0. The third kappa shape index (κ3) is 2.74. The lowest BCUT2D eigenvalue weighted by molar-refractivity contribution is -0.128. The molecule has 1 saturated heterocycles. The van der Waals surface area contributed by atoms with Crippen molar-refractivity contribution in [2.45, 2.75) is 26.3 Å². The summed E-state index contributed by atoms with van der Waals surface area (Å²) in [5.41, 5.74) is 3.56. The second kappa shape index (κ2) is 5.14. The van der Waals surface area contributed by atoms with Crippen LogP contribution in [0.3, 0.4) is 0 Å². The van der Waals surface area contributed by atoms with Crippen LogP contribution >= 0.6 is 0 Å². The highest BCUT2D eigenvalue weighted by molar-refractivity contribution is 5.78. The molecule has 1 amide bonds. The van der Waals surface area contributed by atoms with E-state index >= 15 is 0 Å². The van der Waals surface area contributed by atoms with Crippen LogP contribution in [-0.4, -0.2) is 22.3 Å². The van der Waals surface area contributed by atoms with Crippen molar-refractivity contribution in [3.05, 3.63) is 23.9 Å². The fourth-order valence-corrected chi connectivity index (χ4v) is 2.15. The zero-order chi connectivity index (χ0) is 12.3. The van der Waals surface area contributed by atoms with Gasteiger partial charge in [-0.05, 0) is 23.6 Å². The number of carbonyl (C=O) groups is 1. The van der Waals surface area contributed by atoms with Crippen molar-refractivity contribution in [3.8, 4) is 0 Å². The van der Waals surface area contributed by atoms with E-state index < -0.39 is 0 Å². The molecule has 17 heavy (non-hydrogen) atoms. The van der Waals surface area contributed by atoms with Crippen molar-refractivity contribution >= 4 is 11.7 Å². The Morgan fingerprint density at radius 1 is 1.65 bits per heavy atom. The van der Waals surface area contributed by atoms with Gasteiger partial charge in [0.05, 0.1) is 0 Å². The van der Waals surface area contributed by atoms with Gasteiger partial charge >= 0.3 is 0 Å². The van der Waals surface area contributed by atoms with Gasteiger partial charge in [-0.25, -0.2) is 10.8 Å². The molecule has 0 saturated carbocycles. The second-order valence-electron chi connectivity index (χ2n) is 4.45. The molecule has 92 valence electrons. The Kier molecular flexibility index (Phi) is 3.58. The quantitative estimate of drug-likeness (QED) is 0.605. The molecule has 0 radical (unpaired) electrons. The minimum atomic E-state index is 0.246. The summed E-state index contributed by atoms with van der Waals surface area (Å²) in [5.74, 6) is 6.69. The highest BCUT2D eigenvalue weighted by atomic mass is 16.2. The molecule has 2 heterocycles. The Hall–Kier alpha value is -1.62. The molecular weight excluding hydrogens is 216 g/mol. The summed E-state index contributed by atoms with van der Waals surface area (Å²) in [7, 11) is 0. The van der Waals surface area contributed by atoms with Crippen molar-refractivity contribution in [1.82, 2.24) is 9.88 Å². The van der Waals surface area contributed by atoms with E-state index in [1.165, 1.54) is 0 Å². The second-order valence-corrected chi connectivity index (χ2v) is 4.45. The number of carbonyl (C=O) groups excluding carboxylic acids is 1. The number of amides is 1. The minimum Gasteiger partial charge on any atom is -0.338 e. The highest BCUT2D eigenvalue weighted by Gasteiger charge is 2.27. The maximum Gasteiger partial charge on any atom is 0.223 e. The molecule has 3 N–H and O–H groups in total. The largest absolute Gasteiger partial charge is 0.338 e. The van der Waals surface area contributed by atoms with E-state index in [0.717, 1.165) is 18.5 Å². The first-order valence-electron chi connectivity index (χ1n) is 5.92. The molecule has 1 aliphatic rings. The first-order chi connectivity index (χ1) is 8.22. The van der Waals surface area contributed by atoms with Gasteiger partial charge in [-0.3, -0.25) is 4.79 Å². The molecule has 5 heteroatoms. The van der Waals surface area contributed by atoms with Crippen molar-refractivity contribution in [2.24, 2.45) is 11.8 Å². The smallest absolute Gasteiger partial charge is 0.223 e. The molecule has 1 unspecified atom stereocenters. The molecule has 1 aliphatic heterocycles. The highest BCUT2D eigenvalue weighted by Crippen LogP contribution is 2.22. The molecular formula is C12H18N4O. The van der Waals surface area contributed by atoms with E-state index in [4.69, 9.17) is 5.84 Å².